The van der Waals surface area contributed by atoms with Gasteiger partial charge in [0.2, 0.25) is 0 Å². The van der Waals surface area contributed by atoms with Crippen molar-refractivity contribution in [2.24, 2.45) is 5.73 Å². The van der Waals surface area contributed by atoms with E-state index in [0.717, 1.165) is 20.0 Å². The zero-order chi connectivity index (χ0) is 27.8. The lowest BCUT2D eigenvalue weighted by atomic mass is 10.1. The van der Waals surface area contributed by atoms with Gasteiger partial charge in [0.15, 0.2) is 11.5 Å². The van der Waals surface area contributed by atoms with Gasteiger partial charge < -0.3 is 38.9 Å². The van der Waals surface area contributed by atoms with Gasteiger partial charge in [-0.25, -0.2) is 14.4 Å². The number of hydrogen-bond acceptors (Lipinski definition) is 12. The molecule has 37 heavy (non-hydrogen) atoms. The average molecular weight is 528 g/mol. The van der Waals surface area contributed by atoms with Crippen molar-refractivity contribution >= 4 is 24.4 Å². The van der Waals surface area contributed by atoms with Crippen LogP contribution in [-0.4, -0.2) is 63.0 Å². The number of nitrogens with two attached hydrogens (primary N) is 1. The zero-order valence-electron chi connectivity index (χ0n) is 22.0. The molecule has 1 aromatic carbocycles. The number of hydrogen-bond donors (Lipinski definition) is 1. The van der Waals surface area contributed by atoms with Crippen LogP contribution in [0.5, 0.6) is 11.5 Å². The van der Waals surface area contributed by atoms with Crippen LogP contribution in [-0.2, 0) is 34.9 Å². The normalized spacial score (nSPS) is 12.9. The first-order chi connectivity index (χ1) is 17.6. The molecular weight excluding hydrogens is 490 g/mol. The monoisotopic (exact) mass is 527 g/mol. The Morgan fingerprint density at radius 3 is 1.89 bits per heavy atom. The van der Waals surface area contributed by atoms with Gasteiger partial charge in [0.1, 0.15) is 18.2 Å². The fourth-order valence-corrected chi connectivity index (χ4v) is 2.68. The second-order valence-corrected chi connectivity index (χ2v) is 8.12. The molecule has 208 valence electrons. The summed E-state index contributed by atoms with van der Waals surface area (Å²) < 4.78 is 35.0. The van der Waals surface area contributed by atoms with E-state index in [1.54, 1.807) is 13.0 Å². The number of esters is 1. The largest absolute Gasteiger partial charge is 0.513 e. The summed E-state index contributed by atoms with van der Waals surface area (Å²) in [5, 5.41) is 0. The molecule has 0 bridgehead atoms. The SMILES string of the molecule is CCCCOC(=O)Oc1ccc(C[C@H](N)C(=O)O[C@@H](C)[C@H](C)OC(=O)OC)cc1OC(=O)OCCCC. The van der Waals surface area contributed by atoms with Crippen molar-refractivity contribution in [1.82, 2.24) is 0 Å². The molecule has 0 aliphatic carbocycles. The molecule has 0 aliphatic heterocycles. The number of ether oxygens (including phenoxy) is 7. The van der Waals surface area contributed by atoms with E-state index >= 15 is 0 Å². The van der Waals surface area contributed by atoms with Crippen molar-refractivity contribution < 1.29 is 52.3 Å². The Hall–Kier alpha value is -3.54. The van der Waals surface area contributed by atoms with E-state index in [-0.39, 0.29) is 31.1 Å². The maximum atomic E-state index is 12.5. The minimum absolute atomic E-state index is 0.000260. The maximum absolute atomic E-state index is 12.5. The minimum atomic E-state index is -1.09. The van der Waals surface area contributed by atoms with Crippen LogP contribution >= 0.6 is 0 Å². The van der Waals surface area contributed by atoms with Crippen molar-refractivity contribution in [2.45, 2.75) is 78.0 Å². The highest BCUT2D eigenvalue weighted by atomic mass is 16.7. The Balaban J connectivity index is 2.91. The molecule has 12 nitrogen and oxygen atoms in total. The van der Waals surface area contributed by atoms with E-state index < -0.39 is 42.7 Å². The number of rotatable bonds is 14. The number of carbonyl (C=O) groups excluding carboxylic acids is 4. The highest BCUT2D eigenvalue weighted by Gasteiger charge is 2.25. The third kappa shape index (κ3) is 12.3. The molecule has 1 aromatic rings. The summed E-state index contributed by atoms with van der Waals surface area (Å²) in [5.74, 6) is -0.925. The Morgan fingerprint density at radius 2 is 1.35 bits per heavy atom. The molecule has 0 saturated heterocycles. The molecule has 0 heterocycles. The molecule has 0 radical (unpaired) electrons. The fourth-order valence-electron chi connectivity index (χ4n) is 2.68. The van der Waals surface area contributed by atoms with Crippen molar-refractivity contribution in [1.29, 1.82) is 0 Å². The van der Waals surface area contributed by atoms with Crippen molar-refractivity contribution in [2.75, 3.05) is 20.3 Å². The lowest BCUT2D eigenvalue weighted by Crippen LogP contribution is -2.39. The quantitative estimate of drug-likeness (QED) is 0.158. The van der Waals surface area contributed by atoms with Gasteiger partial charge in [-0.3, -0.25) is 4.79 Å². The molecular formula is C25H37NO11. The van der Waals surface area contributed by atoms with Crippen molar-refractivity contribution in [3.63, 3.8) is 0 Å². The summed E-state index contributed by atoms with van der Waals surface area (Å²) in [6, 6.07) is 3.24. The first-order valence-electron chi connectivity index (χ1n) is 12.1. The zero-order valence-corrected chi connectivity index (χ0v) is 22.0. The first-order valence-corrected chi connectivity index (χ1v) is 12.1. The second kappa shape index (κ2) is 17.0. The lowest BCUT2D eigenvalue weighted by Gasteiger charge is -2.22. The number of benzene rings is 1. The molecule has 0 aromatic heterocycles. The second-order valence-electron chi connectivity index (χ2n) is 8.12. The van der Waals surface area contributed by atoms with Crippen molar-refractivity contribution in [3.05, 3.63) is 23.8 Å². The van der Waals surface area contributed by atoms with Gasteiger partial charge in [-0.05, 0) is 50.8 Å². The van der Waals surface area contributed by atoms with Crippen LogP contribution < -0.4 is 15.2 Å². The fraction of sp³-hybridized carbons (Fsp3) is 0.600. The standard InChI is InChI=1S/C25H37NO11/c1-6-8-12-32-24(29)36-20-11-10-18(15-21(20)37-25(30)33-13-9-7-2)14-19(26)22(27)34-16(3)17(4)35-23(28)31-5/h10-11,15-17,19H,6-9,12-14,26H2,1-5H3/t16-,17-,19-/m0/s1. The molecule has 3 atom stereocenters. The topological polar surface area (TPSA) is 159 Å². The van der Waals surface area contributed by atoms with Gasteiger partial charge >= 0.3 is 24.4 Å². The molecule has 0 saturated carbocycles. The van der Waals surface area contributed by atoms with Crippen LogP contribution in [0.25, 0.3) is 0 Å². The first kappa shape index (κ1) is 31.5. The van der Waals surface area contributed by atoms with E-state index in [1.165, 1.54) is 19.1 Å². The van der Waals surface area contributed by atoms with Crippen LogP contribution in [0.3, 0.4) is 0 Å². The number of methoxy groups -OCH3 is 1. The van der Waals surface area contributed by atoms with E-state index in [4.69, 9.17) is 34.2 Å². The van der Waals surface area contributed by atoms with Gasteiger partial charge in [0.25, 0.3) is 0 Å². The summed E-state index contributed by atoms with van der Waals surface area (Å²) in [6.45, 7) is 7.31. The Labute approximate surface area is 216 Å². The highest BCUT2D eigenvalue weighted by molar-refractivity contribution is 5.76. The van der Waals surface area contributed by atoms with Gasteiger partial charge in [-0.1, -0.05) is 32.8 Å². The number of carbonyl (C=O) groups is 4. The van der Waals surface area contributed by atoms with Gasteiger partial charge in [0, 0.05) is 0 Å². The van der Waals surface area contributed by atoms with Crippen LogP contribution in [0.15, 0.2) is 18.2 Å². The molecule has 1 rings (SSSR count). The maximum Gasteiger partial charge on any atom is 0.513 e. The summed E-state index contributed by atoms with van der Waals surface area (Å²) >= 11 is 0. The van der Waals surface area contributed by atoms with E-state index in [2.05, 4.69) is 4.74 Å². The van der Waals surface area contributed by atoms with Gasteiger partial charge in [-0.2, -0.15) is 0 Å². The predicted octanol–water partition coefficient (Wildman–Crippen LogP) is 4.29. The van der Waals surface area contributed by atoms with E-state index in [9.17, 15) is 19.2 Å². The summed E-state index contributed by atoms with van der Waals surface area (Å²) in [6.07, 6.45) is -1.42. The molecule has 0 amide bonds. The minimum Gasteiger partial charge on any atom is -0.458 e. The Bertz CT molecular complexity index is 889. The third-order valence-electron chi connectivity index (χ3n) is 5.00. The molecule has 12 heteroatoms. The molecule has 0 fully saturated rings. The Kier molecular flexibility index (Phi) is 14.5. The molecule has 0 spiro atoms. The highest BCUT2D eigenvalue weighted by Crippen LogP contribution is 2.30. The van der Waals surface area contributed by atoms with Crippen molar-refractivity contribution in [3.8, 4) is 11.5 Å². The van der Waals surface area contributed by atoms with Crippen LogP contribution in [0, 0.1) is 0 Å². The Morgan fingerprint density at radius 1 is 0.811 bits per heavy atom. The van der Waals surface area contributed by atoms with Crippen LogP contribution in [0.1, 0.15) is 58.9 Å². The average Bonchev–Trinajstić information content (AvgIpc) is 2.85. The smallest absolute Gasteiger partial charge is 0.458 e. The van der Waals surface area contributed by atoms with E-state index in [0.29, 0.717) is 18.4 Å². The van der Waals surface area contributed by atoms with Gasteiger partial charge in [0.05, 0.1) is 20.3 Å². The molecule has 2 N–H and O–H groups in total. The predicted molar refractivity (Wildman–Crippen MR) is 130 cm³/mol. The lowest BCUT2D eigenvalue weighted by molar-refractivity contribution is -0.155. The summed E-state index contributed by atoms with van der Waals surface area (Å²) in [4.78, 5) is 47.8. The summed E-state index contributed by atoms with van der Waals surface area (Å²) in [5.41, 5.74) is 6.48. The van der Waals surface area contributed by atoms with Crippen LogP contribution in [0.4, 0.5) is 14.4 Å². The van der Waals surface area contributed by atoms with Gasteiger partial charge in [-0.15, -0.1) is 0 Å². The molecule has 0 aliphatic rings. The van der Waals surface area contributed by atoms with Crippen LogP contribution in [0.2, 0.25) is 0 Å². The number of unbranched alkanes of at least 4 members (excludes halogenated alkanes) is 2. The third-order valence-corrected chi connectivity index (χ3v) is 5.00. The summed E-state index contributed by atoms with van der Waals surface area (Å²) in [7, 11) is 1.16. The molecule has 0 unspecified atom stereocenters. The van der Waals surface area contributed by atoms with E-state index in [1.807, 2.05) is 13.8 Å².